The summed E-state index contributed by atoms with van der Waals surface area (Å²) in [5, 5.41) is 41.9. The molecule has 15 nitrogen and oxygen atoms in total. The zero-order valence-corrected chi connectivity index (χ0v) is 86.8. The summed E-state index contributed by atoms with van der Waals surface area (Å²) in [7, 11) is 0. The Hall–Kier alpha value is -10.1. The van der Waals surface area contributed by atoms with Crippen LogP contribution in [0.15, 0.2) is 237 Å². The van der Waals surface area contributed by atoms with E-state index in [1.165, 1.54) is 101 Å². The van der Waals surface area contributed by atoms with Crippen LogP contribution in [-0.4, -0.2) is 62.6 Å². The second-order valence-electron chi connectivity index (χ2n) is 38.1. The van der Waals surface area contributed by atoms with E-state index >= 15 is 0 Å². The Morgan fingerprint density at radius 1 is 0.438 bits per heavy atom. The molecule has 0 aliphatic heterocycles. The van der Waals surface area contributed by atoms with Crippen LogP contribution in [0.25, 0.3) is 75.8 Å². The van der Waals surface area contributed by atoms with E-state index in [9.17, 15) is 34.1 Å². The number of fused-ring (bicyclic) bond motifs is 9. The van der Waals surface area contributed by atoms with Crippen molar-refractivity contribution in [2.75, 3.05) is 0 Å². The summed E-state index contributed by atoms with van der Waals surface area (Å²) in [6.07, 6.45) is 29.6. The van der Waals surface area contributed by atoms with Gasteiger partial charge in [-0.2, -0.15) is 30.3 Å². The summed E-state index contributed by atoms with van der Waals surface area (Å²) >= 11 is 0. The van der Waals surface area contributed by atoms with Gasteiger partial charge in [0.2, 0.25) is 17.6 Å². The number of aliphatic hydroxyl groups excluding tert-OH is 3. The number of halogens is 1. The third-order valence-electron chi connectivity index (χ3n) is 23.8. The minimum atomic E-state index is -0.417. The van der Waals surface area contributed by atoms with E-state index in [4.69, 9.17) is 14.2 Å². The van der Waals surface area contributed by atoms with Crippen molar-refractivity contribution in [3.8, 4) is 46.0 Å². The number of benzene rings is 7. The van der Waals surface area contributed by atoms with Crippen molar-refractivity contribution in [3.05, 3.63) is 278 Å². The first-order valence-electron chi connectivity index (χ1n) is 44.7. The van der Waals surface area contributed by atoms with Gasteiger partial charge in [0.15, 0.2) is 17.3 Å². The van der Waals surface area contributed by atoms with Crippen LogP contribution in [-0.2, 0) is 85.5 Å². The Balaban J connectivity index is 0.000000246. The van der Waals surface area contributed by atoms with Crippen molar-refractivity contribution in [1.29, 1.82) is 0 Å². The molecule has 1 fully saturated rings. The first-order chi connectivity index (χ1) is 60.1. The summed E-state index contributed by atoms with van der Waals surface area (Å²) in [5.41, 5.74) is 4.34. The van der Waals surface area contributed by atoms with Gasteiger partial charge < -0.3 is 39.5 Å². The minimum absolute atomic E-state index is 0. The molecule has 7 aromatic carbocycles. The van der Waals surface area contributed by atoms with Crippen LogP contribution >= 0.6 is 0 Å². The second kappa shape index (κ2) is 48.9. The van der Waals surface area contributed by atoms with Crippen LogP contribution in [0, 0.1) is 57.5 Å². The Morgan fingerprint density at radius 2 is 0.900 bits per heavy atom. The number of ketones is 3. The zero-order chi connectivity index (χ0) is 92.8. The number of hydrogen-bond donors (Lipinski definition) is 3. The van der Waals surface area contributed by atoms with Crippen molar-refractivity contribution in [3.63, 3.8) is 0 Å². The first kappa shape index (κ1) is 109. The molecule has 19 heteroatoms. The van der Waals surface area contributed by atoms with Crippen LogP contribution in [0.4, 0.5) is 4.39 Å². The average molecular weight is 2290 g/mol. The number of pyridine rings is 6. The Bertz CT molecular complexity index is 6000. The van der Waals surface area contributed by atoms with Crippen LogP contribution in [0.1, 0.15) is 246 Å². The maximum atomic E-state index is 14.6. The maximum absolute atomic E-state index is 14.6. The number of ether oxygens (including phenoxy) is 3. The molecule has 6 heterocycles. The monoisotopic (exact) mass is 2290 g/mol. The van der Waals surface area contributed by atoms with E-state index in [2.05, 4.69) is 150 Å². The van der Waals surface area contributed by atoms with Gasteiger partial charge in [-0.3, -0.25) is 19.4 Å². The number of nitrogens with zero attached hydrogens (tertiary/aromatic N) is 6. The first-order valence-corrected chi connectivity index (χ1v) is 44.7. The van der Waals surface area contributed by atoms with Gasteiger partial charge in [0.05, 0.1) is 5.76 Å². The van der Waals surface area contributed by atoms with Gasteiger partial charge in [-0.1, -0.05) is 306 Å². The van der Waals surface area contributed by atoms with Crippen molar-refractivity contribution < 1.29 is 109 Å². The maximum Gasteiger partial charge on any atom is 0.216 e. The number of rotatable bonds is 21. The second-order valence-corrected chi connectivity index (χ2v) is 38.1. The molecule has 13 aromatic rings. The fourth-order valence-corrected chi connectivity index (χ4v) is 14.2. The molecule has 695 valence electrons. The molecule has 0 spiro atoms. The number of allylic oxidation sites excluding steroid dienone is 6. The summed E-state index contributed by atoms with van der Waals surface area (Å²) < 4.78 is 32.3. The largest absolute Gasteiger partial charge is 0.512 e. The predicted molar refractivity (Wildman–Crippen MR) is 518 cm³/mol. The molecule has 3 radical (unpaired) electrons. The molecule has 1 saturated carbocycles. The molecule has 1 aliphatic rings. The number of hydrogen-bond acceptors (Lipinski definition) is 15. The van der Waals surface area contributed by atoms with Gasteiger partial charge in [0, 0.05) is 176 Å². The Kier molecular flexibility index (Phi) is 40.9. The number of aliphatic hydroxyl groups is 3. The van der Waals surface area contributed by atoms with Crippen LogP contribution in [0.3, 0.4) is 0 Å². The summed E-state index contributed by atoms with van der Waals surface area (Å²) in [4.78, 5) is 60.7. The van der Waals surface area contributed by atoms with Gasteiger partial charge in [0.1, 0.15) is 17.3 Å². The molecule has 1 aliphatic carbocycles. The van der Waals surface area contributed by atoms with E-state index in [-0.39, 0.29) is 140 Å². The smallest absolute Gasteiger partial charge is 0.216 e. The van der Waals surface area contributed by atoms with E-state index in [0.717, 1.165) is 87.7 Å². The topological polar surface area (TPSA) is 217 Å². The standard InChI is InChI=1S/C26H27N2O.C24H14FN2O.C24H21N2O.2C13H24O2.C11H20O2.3Ir/c1-25(2,3)19-10-9-17-7-8-18-16-28-24(15-22(18)21(17)13-19)29-20-11-12-27-23(14-20)26(4,5)6;25-22-9-8-19(16-4-2-1-3-5-16)24-20(22)7-6-17-15-27-23(14-21(17)24)28-18-10-12-26-13-11-18;1-2-4-17(5-3-1)19-8-6-18-7-9-20-16-26-24(15-23(20)22(18)14-19)27-21-10-12-25-13-11-21;1-7-12(3,4)10(14)9-11(15)13(5,6)8-2;1-5-10(6-2)12(14)9-13(15)11(7-3)8-4;1-10(2,3)8(12)7-9(13)11(4,5)6;;;/h7-10,12-16H,1-6H3;1-10,12-15H;6-10,12-17H,1-5H2;9,14H,7-8H2,1-6H3;9-11,14H,5-8H2,1-4H3;7,12H,1-6H3;;;/q3*-1;;;;;;. The molecule has 0 bridgehead atoms. The molecule has 0 amide bonds. The van der Waals surface area contributed by atoms with Gasteiger partial charge in [0.25, 0.3) is 0 Å². The number of aromatic nitrogens is 6. The third-order valence-corrected chi connectivity index (χ3v) is 23.8. The molecule has 0 saturated heterocycles. The quantitative estimate of drug-likeness (QED) is 0.0264. The fourth-order valence-electron chi connectivity index (χ4n) is 14.2. The Labute approximate surface area is 811 Å². The molecule has 0 atom stereocenters. The van der Waals surface area contributed by atoms with Gasteiger partial charge >= 0.3 is 0 Å². The molecule has 0 unspecified atom stereocenters. The SMILES string of the molecule is CC(C)(C)C(=O)C=C(O)C(C)(C)C.CC(C)(C)c1ccc2ccc3cnc(Oc4[c-]cnc(C(C)(C)C)c4)cc3c2c1.CCC(C)(C)C(=O)C=C(O)C(C)(C)CC.CCC(CC)C(=O)C=C(O)C(CC)CC.Fc1ccc(-c2ccccc2)c2c1ccc1cnc(Oc3[c-]cncc3)cc12.[Ir].[Ir].[Ir].[c-]1cnccc1Oc1cc2c(ccc3ccc(C4CCCCC4)cc32)cn1. The molecular formula is C111H130FIr3N6O9-3. The van der Waals surface area contributed by atoms with Gasteiger partial charge in [-0.25, -0.2) is 19.3 Å². The summed E-state index contributed by atoms with van der Waals surface area (Å²) in [6, 6.07) is 59.5. The van der Waals surface area contributed by atoms with Crippen molar-refractivity contribution in [1.82, 2.24) is 29.9 Å². The minimum Gasteiger partial charge on any atom is -0.512 e. The average Bonchev–Trinajstić information content (AvgIpc) is 0.741. The van der Waals surface area contributed by atoms with Crippen LogP contribution in [0.2, 0.25) is 0 Å². The molecule has 3 N–H and O–H groups in total. The number of carbonyl (C=O) groups excluding carboxylic acids is 3. The predicted octanol–water partition coefficient (Wildman–Crippen LogP) is 30.4. The number of carbonyl (C=O) groups is 3. The summed E-state index contributed by atoms with van der Waals surface area (Å²) in [6.45, 7) is 43.9. The van der Waals surface area contributed by atoms with Gasteiger partial charge in [-0.15, -0.1) is 6.07 Å². The summed E-state index contributed by atoms with van der Waals surface area (Å²) in [5.74, 6) is 4.64. The third kappa shape index (κ3) is 30.2. The fraction of sp³-hybridized carbons (Fsp3) is 0.378. The molecule has 130 heavy (non-hydrogen) atoms. The van der Waals surface area contributed by atoms with Crippen molar-refractivity contribution in [2.45, 2.75) is 240 Å². The van der Waals surface area contributed by atoms with E-state index < -0.39 is 5.41 Å². The Morgan fingerprint density at radius 3 is 1.38 bits per heavy atom. The van der Waals surface area contributed by atoms with Gasteiger partial charge in [-0.05, 0) is 163 Å². The van der Waals surface area contributed by atoms with E-state index in [1.54, 1.807) is 49.2 Å². The van der Waals surface area contributed by atoms with E-state index in [1.807, 2.05) is 190 Å². The van der Waals surface area contributed by atoms with Crippen LogP contribution < -0.4 is 14.2 Å². The zero-order valence-electron chi connectivity index (χ0n) is 79.6. The van der Waals surface area contributed by atoms with Crippen LogP contribution in [0.5, 0.6) is 34.9 Å². The van der Waals surface area contributed by atoms with Crippen molar-refractivity contribution in [2.24, 2.45) is 33.5 Å². The molecule has 14 rings (SSSR count). The van der Waals surface area contributed by atoms with E-state index in [0.29, 0.717) is 46.2 Å². The molecule has 6 aromatic heterocycles. The normalized spacial score (nSPS) is 12.9. The van der Waals surface area contributed by atoms with Crippen molar-refractivity contribution >= 4 is 82.0 Å². The molecular weight excluding hydrogens is 2160 g/mol.